The number of rotatable bonds is 4. The van der Waals surface area contributed by atoms with E-state index in [1.807, 2.05) is 0 Å². The predicted octanol–water partition coefficient (Wildman–Crippen LogP) is 0.632. The molecule has 1 N–H and O–H groups in total. The summed E-state index contributed by atoms with van der Waals surface area (Å²) in [6.07, 6.45) is 4.13. The molecule has 0 aromatic heterocycles. The topological polar surface area (TPSA) is 46.5 Å². The number of cyclic esters (lactones) is 1. The van der Waals surface area contributed by atoms with E-state index in [-0.39, 0.29) is 12.6 Å². The maximum Gasteiger partial charge on any atom is 0.331 e. The molecule has 1 heterocycles. The lowest BCUT2D eigenvalue weighted by Gasteiger charge is -1.97. The molecule has 0 aromatic carbocycles. The standard InChI is InChI=1S/C8H12O3/c9-4-2-1-3-7-5-8(10)11-6-7/h5,9H,1-4,6H2. The fourth-order valence-corrected chi connectivity index (χ4v) is 1.02. The first-order valence-corrected chi connectivity index (χ1v) is 3.80. The summed E-state index contributed by atoms with van der Waals surface area (Å²) >= 11 is 0. The summed E-state index contributed by atoms with van der Waals surface area (Å²) in [5.74, 6) is -0.232. The van der Waals surface area contributed by atoms with Crippen molar-refractivity contribution in [3.63, 3.8) is 0 Å². The Morgan fingerprint density at radius 1 is 1.55 bits per heavy atom. The van der Waals surface area contributed by atoms with Gasteiger partial charge in [0.25, 0.3) is 0 Å². The number of unbranched alkanes of at least 4 members (excludes halogenated alkanes) is 1. The van der Waals surface area contributed by atoms with Crippen LogP contribution in [0.2, 0.25) is 0 Å². The normalized spacial score (nSPS) is 16.5. The van der Waals surface area contributed by atoms with Gasteiger partial charge in [-0.25, -0.2) is 4.79 Å². The third-order valence-corrected chi connectivity index (χ3v) is 1.63. The number of carbonyl (C=O) groups is 1. The number of aliphatic hydroxyl groups is 1. The monoisotopic (exact) mass is 156 g/mol. The average Bonchev–Trinajstić information content (AvgIpc) is 2.37. The molecule has 0 fully saturated rings. The number of ether oxygens (including phenoxy) is 1. The largest absolute Gasteiger partial charge is 0.458 e. The van der Waals surface area contributed by atoms with Gasteiger partial charge in [0.15, 0.2) is 0 Å². The summed E-state index contributed by atoms with van der Waals surface area (Å²) in [5, 5.41) is 8.47. The Bertz CT molecular complexity index is 172. The van der Waals surface area contributed by atoms with Crippen LogP contribution in [0, 0.1) is 0 Å². The molecule has 3 nitrogen and oxygen atoms in total. The first kappa shape index (κ1) is 8.27. The molecule has 0 unspecified atom stereocenters. The van der Waals surface area contributed by atoms with E-state index in [9.17, 15) is 4.79 Å². The molecule has 1 rings (SSSR count). The van der Waals surface area contributed by atoms with Gasteiger partial charge in [-0.1, -0.05) is 0 Å². The third kappa shape index (κ3) is 2.72. The summed E-state index contributed by atoms with van der Waals surface area (Å²) in [6, 6.07) is 0. The van der Waals surface area contributed by atoms with Crippen molar-refractivity contribution in [1.82, 2.24) is 0 Å². The van der Waals surface area contributed by atoms with E-state index in [0.717, 1.165) is 24.8 Å². The smallest absolute Gasteiger partial charge is 0.331 e. The average molecular weight is 156 g/mol. The summed E-state index contributed by atoms with van der Waals surface area (Å²) in [6.45, 7) is 0.673. The maximum absolute atomic E-state index is 10.5. The summed E-state index contributed by atoms with van der Waals surface area (Å²) < 4.78 is 4.70. The molecule has 0 aliphatic carbocycles. The number of hydrogen-bond donors (Lipinski definition) is 1. The first-order valence-electron chi connectivity index (χ1n) is 3.80. The molecule has 0 radical (unpaired) electrons. The number of esters is 1. The highest BCUT2D eigenvalue weighted by atomic mass is 16.5. The fourth-order valence-electron chi connectivity index (χ4n) is 1.02. The van der Waals surface area contributed by atoms with Crippen LogP contribution in [0.4, 0.5) is 0 Å². The van der Waals surface area contributed by atoms with Gasteiger partial charge in [-0.3, -0.25) is 0 Å². The van der Waals surface area contributed by atoms with Crippen LogP contribution in [0.15, 0.2) is 11.6 Å². The van der Waals surface area contributed by atoms with Crippen molar-refractivity contribution in [3.05, 3.63) is 11.6 Å². The van der Waals surface area contributed by atoms with Crippen molar-refractivity contribution in [2.75, 3.05) is 13.2 Å². The zero-order valence-electron chi connectivity index (χ0n) is 6.38. The van der Waals surface area contributed by atoms with Gasteiger partial charge >= 0.3 is 5.97 Å². The van der Waals surface area contributed by atoms with E-state index in [1.54, 1.807) is 0 Å². The molecule has 0 spiro atoms. The quantitative estimate of drug-likeness (QED) is 0.479. The van der Waals surface area contributed by atoms with E-state index < -0.39 is 0 Å². The van der Waals surface area contributed by atoms with Crippen LogP contribution < -0.4 is 0 Å². The molecule has 1 aliphatic heterocycles. The van der Waals surface area contributed by atoms with E-state index in [0.29, 0.717) is 6.61 Å². The summed E-state index contributed by atoms with van der Waals surface area (Å²) in [4.78, 5) is 10.5. The lowest BCUT2D eigenvalue weighted by Crippen LogP contribution is -1.92. The zero-order chi connectivity index (χ0) is 8.10. The van der Waals surface area contributed by atoms with Gasteiger partial charge in [0, 0.05) is 12.7 Å². The van der Waals surface area contributed by atoms with Crippen LogP contribution in [-0.2, 0) is 9.53 Å². The van der Waals surface area contributed by atoms with E-state index >= 15 is 0 Å². The van der Waals surface area contributed by atoms with Gasteiger partial charge in [0.2, 0.25) is 0 Å². The van der Waals surface area contributed by atoms with Crippen LogP contribution in [0.1, 0.15) is 19.3 Å². The highest BCUT2D eigenvalue weighted by Crippen LogP contribution is 2.12. The Labute approximate surface area is 65.7 Å². The van der Waals surface area contributed by atoms with Crippen molar-refractivity contribution in [1.29, 1.82) is 0 Å². The molecule has 0 saturated carbocycles. The lowest BCUT2D eigenvalue weighted by molar-refractivity contribution is -0.134. The molecule has 0 bridgehead atoms. The van der Waals surface area contributed by atoms with Gasteiger partial charge < -0.3 is 9.84 Å². The van der Waals surface area contributed by atoms with Crippen molar-refractivity contribution >= 4 is 5.97 Å². The minimum absolute atomic E-state index is 0.224. The second kappa shape index (κ2) is 4.13. The van der Waals surface area contributed by atoms with Crippen LogP contribution in [0.3, 0.4) is 0 Å². The van der Waals surface area contributed by atoms with Gasteiger partial charge in [-0.05, 0) is 24.8 Å². The second-order valence-corrected chi connectivity index (χ2v) is 2.59. The molecule has 3 heteroatoms. The van der Waals surface area contributed by atoms with Gasteiger partial charge in [0.05, 0.1) is 0 Å². The highest BCUT2D eigenvalue weighted by molar-refractivity contribution is 5.85. The van der Waals surface area contributed by atoms with E-state index in [4.69, 9.17) is 9.84 Å². The molecule has 0 amide bonds. The second-order valence-electron chi connectivity index (χ2n) is 2.59. The van der Waals surface area contributed by atoms with E-state index in [1.165, 1.54) is 6.08 Å². The molecule has 0 saturated heterocycles. The Morgan fingerprint density at radius 3 is 2.91 bits per heavy atom. The Morgan fingerprint density at radius 2 is 2.36 bits per heavy atom. The van der Waals surface area contributed by atoms with Gasteiger partial charge in [-0.2, -0.15) is 0 Å². The Kier molecular flexibility index (Phi) is 3.11. The van der Waals surface area contributed by atoms with Gasteiger partial charge in [0.1, 0.15) is 6.61 Å². The predicted molar refractivity (Wildman–Crippen MR) is 40.0 cm³/mol. The molecule has 1 aliphatic rings. The zero-order valence-corrected chi connectivity index (χ0v) is 6.38. The molecule has 11 heavy (non-hydrogen) atoms. The number of aliphatic hydroxyl groups excluding tert-OH is 1. The molecule has 0 atom stereocenters. The summed E-state index contributed by atoms with van der Waals surface area (Å²) in [5.41, 5.74) is 1.04. The van der Waals surface area contributed by atoms with Crippen molar-refractivity contribution in [2.45, 2.75) is 19.3 Å². The number of carbonyl (C=O) groups excluding carboxylic acids is 1. The SMILES string of the molecule is O=C1C=C(CCCCO)CO1. The van der Waals surface area contributed by atoms with Crippen LogP contribution in [-0.4, -0.2) is 24.3 Å². The Balaban J connectivity index is 2.17. The Hall–Kier alpha value is -0.830. The highest BCUT2D eigenvalue weighted by Gasteiger charge is 2.11. The van der Waals surface area contributed by atoms with Crippen LogP contribution >= 0.6 is 0 Å². The maximum atomic E-state index is 10.5. The lowest BCUT2D eigenvalue weighted by atomic mass is 10.1. The third-order valence-electron chi connectivity index (χ3n) is 1.63. The molecule has 62 valence electrons. The molecule has 0 aromatic rings. The molecular weight excluding hydrogens is 144 g/mol. The number of hydrogen-bond acceptors (Lipinski definition) is 3. The van der Waals surface area contributed by atoms with E-state index in [2.05, 4.69) is 0 Å². The van der Waals surface area contributed by atoms with Crippen molar-refractivity contribution in [3.8, 4) is 0 Å². The molecular formula is C8H12O3. The minimum atomic E-state index is -0.232. The van der Waals surface area contributed by atoms with Crippen LogP contribution in [0.5, 0.6) is 0 Å². The fraction of sp³-hybridized carbons (Fsp3) is 0.625. The minimum Gasteiger partial charge on any atom is -0.458 e. The van der Waals surface area contributed by atoms with Gasteiger partial charge in [-0.15, -0.1) is 0 Å². The van der Waals surface area contributed by atoms with Crippen molar-refractivity contribution in [2.24, 2.45) is 0 Å². The summed E-state index contributed by atoms with van der Waals surface area (Å²) in [7, 11) is 0. The van der Waals surface area contributed by atoms with Crippen LogP contribution in [0.25, 0.3) is 0 Å². The van der Waals surface area contributed by atoms with Crippen molar-refractivity contribution < 1.29 is 14.6 Å². The first-order chi connectivity index (χ1) is 5.33.